The number of nitrogens with zero attached hydrogens (tertiary/aromatic N) is 3. The van der Waals surface area contributed by atoms with Crippen LogP contribution < -0.4 is 4.90 Å². The molecule has 0 amide bonds. The van der Waals surface area contributed by atoms with Gasteiger partial charge in [-0.25, -0.2) is 0 Å². The van der Waals surface area contributed by atoms with Gasteiger partial charge in [0, 0.05) is 57.4 Å². The first kappa shape index (κ1) is 26.7. The van der Waals surface area contributed by atoms with Crippen molar-refractivity contribution in [2.75, 3.05) is 11.9 Å². The molecule has 0 saturated carbocycles. The number of hydrogen-bond donors (Lipinski definition) is 0. The summed E-state index contributed by atoms with van der Waals surface area (Å²) in [6.07, 6.45) is 3.94. The minimum atomic E-state index is -0.112. The second-order valence-corrected chi connectivity index (χ2v) is 12.9. The second kappa shape index (κ2) is 9.92. The quantitative estimate of drug-likeness (QED) is 0.203. The molecule has 6 aromatic carbocycles. The minimum Gasteiger partial charge on any atom is -0.344 e. The van der Waals surface area contributed by atoms with E-state index in [2.05, 4.69) is 169 Å². The van der Waals surface area contributed by atoms with Crippen molar-refractivity contribution in [2.45, 2.75) is 19.3 Å². The first-order chi connectivity index (χ1) is 22.5. The zero-order chi connectivity index (χ0) is 31.0. The van der Waals surface area contributed by atoms with Crippen LogP contribution in [0.3, 0.4) is 0 Å². The van der Waals surface area contributed by atoms with Crippen LogP contribution in [0.15, 0.2) is 146 Å². The Morgan fingerprint density at radius 2 is 1.35 bits per heavy atom. The van der Waals surface area contributed by atoms with Crippen molar-refractivity contribution in [2.24, 2.45) is 0 Å². The smallest absolute Gasteiger partial charge is 0.0724 e. The van der Waals surface area contributed by atoms with Gasteiger partial charge in [-0.15, -0.1) is 0 Å². The summed E-state index contributed by atoms with van der Waals surface area (Å²) in [7, 11) is 2.15. The zero-order valence-corrected chi connectivity index (χ0v) is 26.2. The fraction of sp³-hybridized carbons (Fsp3) is 0.0930. The lowest BCUT2D eigenvalue weighted by molar-refractivity contribution is 0.645. The predicted molar refractivity (Wildman–Crippen MR) is 194 cm³/mol. The Labute approximate surface area is 269 Å². The summed E-state index contributed by atoms with van der Waals surface area (Å²) in [6.45, 7) is 4.72. The average molecular weight is 592 g/mol. The number of rotatable bonds is 4. The molecule has 46 heavy (non-hydrogen) atoms. The molecule has 2 heterocycles. The summed E-state index contributed by atoms with van der Waals surface area (Å²) in [5, 5.41) is 5.08. The molecule has 1 aliphatic rings. The van der Waals surface area contributed by atoms with E-state index >= 15 is 0 Å². The molecular formula is C43H33N3. The van der Waals surface area contributed by atoms with E-state index in [1.54, 1.807) is 0 Å². The summed E-state index contributed by atoms with van der Waals surface area (Å²) in [4.78, 5) is 6.92. The molecule has 0 spiro atoms. The number of anilines is 2. The summed E-state index contributed by atoms with van der Waals surface area (Å²) in [5.74, 6) is 0. The highest BCUT2D eigenvalue weighted by atomic mass is 15.1. The van der Waals surface area contributed by atoms with Gasteiger partial charge in [0.1, 0.15) is 0 Å². The van der Waals surface area contributed by atoms with Gasteiger partial charge in [0.25, 0.3) is 0 Å². The zero-order valence-electron chi connectivity index (χ0n) is 26.2. The normalized spacial score (nSPS) is 13.3. The third-order valence-corrected chi connectivity index (χ3v) is 10.1. The van der Waals surface area contributed by atoms with Crippen molar-refractivity contribution in [3.63, 3.8) is 0 Å². The first-order valence-electron chi connectivity index (χ1n) is 16.0. The summed E-state index contributed by atoms with van der Waals surface area (Å²) >= 11 is 0. The van der Waals surface area contributed by atoms with Gasteiger partial charge < -0.3 is 9.47 Å². The summed E-state index contributed by atoms with van der Waals surface area (Å²) in [5.41, 5.74) is 13.4. The SMILES string of the molecule is CN(c1ccccc1)c1ccc(-n2c3cnccc3c3cc4c5c(cccc5c32)C(C)(C)c2ccccc2-4)cc1-c1ccccc1. The van der Waals surface area contributed by atoms with Crippen LogP contribution in [0.2, 0.25) is 0 Å². The number of benzene rings is 6. The minimum absolute atomic E-state index is 0.112. The number of pyridine rings is 1. The van der Waals surface area contributed by atoms with Gasteiger partial charge >= 0.3 is 0 Å². The Hall–Kier alpha value is -5.67. The fourth-order valence-corrected chi connectivity index (χ4v) is 7.83. The molecule has 0 saturated heterocycles. The van der Waals surface area contributed by atoms with E-state index in [0.717, 1.165) is 22.6 Å². The van der Waals surface area contributed by atoms with Crippen molar-refractivity contribution in [3.8, 4) is 27.9 Å². The van der Waals surface area contributed by atoms with E-state index in [-0.39, 0.29) is 5.41 Å². The number of para-hydroxylation sites is 1. The largest absolute Gasteiger partial charge is 0.344 e. The van der Waals surface area contributed by atoms with Crippen molar-refractivity contribution in [3.05, 3.63) is 157 Å². The average Bonchev–Trinajstić information content (AvgIpc) is 3.45. The molecule has 0 fully saturated rings. The van der Waals surface area contributed by atoms with Crippen molar-refractivity contribution < 1.29 is 0 Å². The molecule has 8 aromatic rings. The maximum absolute atomic E-state index is 4.64. The number of aromatic nitrogens is 2. The maximum Gasteiger partial charge on any atom is 0.0724 e. The molecule has 1 aliphatic carbocycles. The third-order valence-electron chi connectivity index (χ3n) is 10.1. The Morgan fingerprint density at radius 1 is 0.609 bits per heavy atom. The van der Waals surface area contributed by atoms with Crippen LogP contribution in [0.1, 0.15) is 25.0 Å². The molecule has 0 unspecified atom stereocenters. The van der Waals surface area contributed by atoms with Crippen LogP contribution in [0, 0.1) is 0 Å². The van der Waals surface area contributed by atoms with Crippen LogP contribution >= 0.6 is 0 Å². The van der Waals surface area contributed by atoms with Crippen molar-refractivity contribution >= 4 is 44.0 Å². The Bertz CT molecular complexity index is 2450. The fourth-order valence-electron chi connectivity index (χ4n) is 7.83. The molecule has 0 N–H and O–H groups in total. The first-order valence-corrected chi connectivity index (χ1v) is 16.0. The maximum atomic E-state index is 4.64. The van der Waals surface area contributed by atoms with E-state index in [9.17, 15) is 0 Å². The van der Waals surface area contributed by atoms with Crippen LogP contribution in [0.5, 0.6) is 0 Å². The highest BCUT2D eigenvalue weighted by Crippen LogP contribution is 2.51. The molecular weight excluding hydrogens is 558 g/mol. The summed E-state index contributed by atoms with van der Waals surface area (Å²) < 4.78 is 2.44. The van der Waals surface area contributed by atoms with E-state index in [4.69, 9.17) is 0 Å². The predicted octanol–water partition coefficient (Wildman–Crippen LogP) is 11.1. The van der Waals surface area contributed by atoms with Crippen LogP contribution in [-0.4, -0.2) is 16.6 Å². The van der Waals surface area contributed by atoms with Crippen molar-refractivity contribution in [1.82, 2.24) is 9.55 Å². The number of hydrogen-bond acceptors (Lipinski definition) is 2. The third kappa shape index (κ3) is 3.75. The highest BCUT2D eigenvalue weighted by molar-refractivity contribution is 6.23. The van der Waals surface area contributed by atoms with Gasteiger partial charge in [0.2, 0.25) is 0 Å². The molecule has 0 atom stereocenters. The molecule has 0 bridgehead atoms. The van der Waals surface area contributed by atoms with E-state index in [1.807, 2.05) is 12.4 Å². The van der Waals surface area contributed by atoms with Gasteiger partial charge in [0.15, 0.2) is 0 Å². The van der Waals surface area contributed by atoms with Crippen molar-refractivity contribution in [1.29, 1.82) is 0 Å². The second-order valence-electron chi connectivity index (χ2n) is 12.9. The van der Waals surface area contributed by atoms with Gasteiger partial charge in [-0.1, -0.05) is 105 Å². The highest BCUT2D eigenvalue weighted by Gasteiger charge is 2.34. The van der Waals surface area contributed by atoms with Crippen LogP contribution in [0.25, 0.3) is 60.5 Å². The number of fused-ring (bicyclic) bond motifs is 6. The van der Waals surface area contributed by atoms with Crippen LogP contribution in [0.4, 0.5) is 11.4 Å². The Morgan fingerprint density at radius 3 is 2.17 bits per heavy atom. The lowest BCUT2D eigenvalue weighted by Gasteiger charge is -2.35. The molecule has 3 nitrogen and oxygen atoms in total. The molecule has 9 rings (SSSR count). The van der Waals surface area contributed by atoms with E-state index < -0.39 is 0 Å². The summed E-state index contributed by atoms with van der Waals surface area (Å²) in [6, 6.07) is 48.6. The van der Waals surface area contributed by atoms with Gasteiger partial charge in [0.05, 0.1) is 17.2 Å². The molecule has 0 aliphatic heterocycles. The molecule has 3 heteroatoms. The van der Waals surface area contributed by atoms with E-state index in [0.29, 0.717) is 0 Å². The van der Waals surface area contributed by atoms with Gasteiger partial charge in [-0.2, -0.15) is 0 Å². The Kier molecular flexibility index (Phi) is 5.76. The lowest BCUT2D eigenvalue weighted by atomic mass is 9.68. The van der Waals surface area contributed by atoms with E-state index in [1.165, 1.54) is 60.4 Å². The monoisotopic (exact) mass is 591 g/mol. The molecule has 220 valence electrons. The Balaban J connectivity index is 1.38. The van der Waals surface area contributed by atoms with Crippen LogP contribution in [-0.2, 0) is 5.41 Å². The van der Waals surface area contributed by atoms with Gasteiger partial charge in [-0.05, 0) is 75.7 Å². The molecule has 2 aromatic heterocycles. The molecule has 0 radical (unpaired) electrons. The van der Waals surface area contributed by atoms with Gasteiger partial charge in [-0.3, -0.25) is 4.98 Å². The lowest BCUT2D eigenvalue weighted by Crippen LogP contribution is -2.23. The topological polar surface area (TPSA) is 21.1 Å². The standard InChI is InChI=1S/C43H33N3/c1-43(2)37-19-11-10-17-31(37)35-26-36-32-23-24-44-27-40(32)46(42(36)33-18-12-20-38(43)41(33)35)30-21-22-39(45(3)29-15-8-5-9-16-29)34(25-30)28-13-6-4-7-14-28/h4-27H,1-3H3.